The first kappa shape index (κ1) is 14.3. The average Bonchev–Trinajstić information content (AvgIpc) is 2.78. The van der Waals surface area contributed by atoms with E-state index in [0.29, 0.717) is 0 Å². The van der Waals surface area contributed by atoms with E-state index in [0.717, 1.165) is 30.5 Å². The van der Waals surface area contributed by atoms with Gasteiger partial charge in [0.1, 0.15) is 0 Å². The molecule has 0 heterocycles. The first-order chi connectivity index (χ1) is 8.70. The van der Waals surface area contributed by atoms with Crippen molar-refractivity contribution in [3.63, 3.8) is 0 Å². The van der Waals surface area contributed by atoms with Crippen LogP contribution in [0.25, 0.3) is 0 Å². The van der Waals surface area contributed by atoms with E-state index in [4.69, 9.17) is 0 Å². The van der Waals surface area contributed by atoms with Crippen LogP contribution in [0.2, 0.25) is 0 Å². The zero-order chi connectivity index (χ0) is 13.0. The van der Waals surface area contributed by atoms with Crippen molar-refractivity contribution >= 4 is 0 Å². The Hall–Kier alpha value is -0.0800. The second-order valence-corrected chi connectivity index (χ2v) is 6.71. The SMILES string of the molecule is CCNC1CCCC1CN(C)C1CCC(C)CC1. The molecule has 2 rings (SSSR count). The lowest BCUT2D eigenvalue weighted by molar-refractivity contribution is 0.143. The quantitative estimate of drug-likeness (QED) is 0.808. The van der Waals surface area contributed by atoms with Gasteiger partial charge in [0, 0.05) is 18.6 Å². The smallest absolute Gasteiger partial charge is 0.0107 e. The Morgan fingerprint density at radius 2 is 1.78 bits per heavy atom. The molecule has 2 atom stereocenters. The molecule has 0 amide bonds. The average molecular weight is 252 g/mol. The molecule has 2 nitrogen and oxygen atoms in total. The fourth-order valence-electron chi connectivity index (χ4n) is 3.99. The monoisotopic (exact) mass is 252 g/mol. The third kappa shape index (κ3) is 3.71. The van der Waals surface area contributed by atoms with E-state index in [1.807, 2.05) is 0 Å². The van der Waals surface area contributed by atoms with Crippen molar-refractivity contribution in [1.29, 1.82) is 0 Å². The van der Waals surface area contributed by atoms with Crippen LogP contribution >= 0.6 is 0 Å². The van der Waals surface area contributed by atoms with Gasteiger partial charge < -0.3 is 10.2 Å². The summed E-state index contributed by atoms with van der Waals surface area (Å²) in [4.78, 5) is 2.67. The van der Waals surface area contributed by atoms with Gasteiger partial charge in [-0.05, 0) is 64.0 Å². The predicted molar refractivity (Wildman–Crippen MR) is 78.9 cm³/mol. The number of nitrogens with one attached hydrogen (secondary N) is 1. The first-order valence-corrected chi connectivity index (χ1v) is 8.14. The zero-order valence-corrected chi connectivity index (χ0v) is 12.6. The Morgan fingerprint density at radius 1 is 1.06 bits per heavy atom. The Kier molecular flexibility index (Phi) is 5.50. The summed E-state index contributed by atoms with van der Waals surface area (Å²) in [6.07, 6.45) is 10.00. The van der Waals surface area contributed by atoms with Crippen molar-refractivity contribution in [2.45, 2.75) is 70.9 Å². The van der Waals surface area contributed by atoms with Crippen LogP contribution in [0.4, 0.5) is 0 Å². The van der Waals surface area contributed by atoms with Crippen molar-refractivity contribution in [2.75, 3.05) is 20.1 Å². The number of rotatable bonds is 5. The maximum atomic E-state index is 3.68. The van der Waals surface area contributed by atoms with Gasteiger partial charge in [-0.25, -0.2) is 0 Å². The highest BCUT2D eigenvalue weighted by Gasteiger charge is 2.30. The Bertz CT molecular complexity index is 233. The Morgan fingerprint density at radius 3 is 2.44 bits per heavy atom. The molecular weight excluding hydrogens is 220 g/mol. The summed E-state index contributed by atoms with van der Waals surface area (Å²) in [6.45, 7) is 7.10. The molecule has 2 saturated carbocycles. The molecular formula is C16H32N2. The second kappa shape index (κ2) is 6.91. The summed E-state index contributed by atoms with van der Waals surface area (Å²) < 4.78 is 0. The second-order valence-electron chi connectivity index (χ2n) is 6.71. The van der Waals surface area contributed by atoms with Crippen LogP contribution in [-0.4, -0.2) is 37.1 Å². The fourth-order valence-corrected chi connectivity index (χ4v) is 3.99. The molecule has 2 aliphatic carbocycles. The molecule has 2 fully saturated rings. The molecule has 0 aromatic carbocycles. The van der Waals surface area contributed by atoms with Crippen molar-refractivity contribution in [3.8, 4) is 0 Å². The minimum Gasteiger partial charge on any atom is -0.314 e. The van der Waals surface area contributed by atoms with Crippen LogP contribution in [0.3, 0.4) is 0 Å². The van der Waals surface area contributed by atoms with E-state index in [9.17, 15) is 0 Å². The van der Waals surface area contributed by atoms with Crippen molar-refractivity contribution in [2.24, 2.45) is 11.8 Å². The summed E-state index contributed by atoms with van der Waals surface area (Å²) in [5.41, 5.74) is 0. The highest BCUT2D eigenvalue weighted by Crippen LogP contribution is 2.30. The number of nitrogens with zero attached hydrogens (tertiary/aromatic N) is 1. The van der Waals surface area contributed by atoms with Crippen LogP contribution < -0.4 is 5.32 Å². The lowest BCUT2D eigenvalue weighted by Crippen LogP contribution is -2.42. The molecule has 2 aliphatic rings. The van der Waals surface area contributed by atoms with E-state index >= 15 is 0 Å². The Labute approximate surface area is 114 Å². The molecule has 1 N–H and O–H groups in total. The molecule has 0 saturated heterocycles. The van der Waals surface area contributed by atoms with Gasteiger partial charge in [0.2, 0.25) is 0 Å². The van der Waals surface area contributed by atoms with Crippen molar-refractivity contribution < 1.29 is 0 Å². The van der Waals surface area contributed by atoms with Gasteiger partial charge in [0.25, 0.3) is 0 Å². The molecule has 18 heavy (non-hydrogen) atoms. The van der Waals surface area contributed by atoms with E-state index in [1.165, 1.54) is 51.5 Å². The minimum atomic E-state index is 0.792. The molecule has 0 aromatic rings. The number of hydrogen-bond donors (Lipinski definition) is 1. The molecule has 0 aliphatic heterocycles. The summed E-state index contributed by atoms with van der Waals surface area (Å²) in [6, 6.07) is 1.66. The molecule has 0 radical (unpaired) electrons. The number of hydrogen-bond acceptors (Lipinski definition) is 2. The summed E-state index contributed by atoms with van der Waals surface area (Å²) in [7, 11) is 2.36. The zero-order valence-electron chi connectivity index (χ0n) is 12.6. The fraction of sp³-hybridized carbons (Fsp3) is 1.00. The topological polar surface area (TPSA) is 15.3 Å². The van der Waals surface area contributed by atoms with Crippen molar-refractivity contribution in [3.05, 3.63) is 0 Å². The molecule has 106 valence electrons. The summed E-state index contributed by atoms with van der Waals surface area (Å²) in [5, 5.41) is 3.68. The van der Waals surface area contributed by atoms with E-state index in [-0.39, 0.29) is 0 Å². The van der Waals surface area contributed by atoms with Gasteiger partial charge in [-0.2, -0.15) is 0 Å². The van der Waals surface area contributed by atoms with Gasteiger partial charge in [-0.15, -0.1) is 0 Å². The molecule has 0 bridgehead atoms. The van der Waals surface area contributed by atoms with Crippen LogP contribution in [0, 0.1) is 11.8 Å². The largest absolute Gasteiger partial charge is 0.314 e. The van der Waals surface area contributed by atoms with Gasteiger partial charge in [0.15, 0.2) is 0 Å². The third-order valence-electron chi connectivity index (χ3n) is 5.26. The van der Waals surface area contributed by atoms with Crippen molar-refractivity contribution in [1.82, 2.24) is 10.2 Å². The van der Waals surface area contributed by atoms with Gasteiger partial charge in [0.05, 0.1) is 0 Å². The maximum Gasteiger partial charge on any atom is 0.0107 e. The predicted octanol–water partition coefficient (Wildman–Crippen LogP) is 3.28. The van der Waals surface area contributed by atoms with Gasteiger partial charge in [-0.3, -0.25) is 0 Å². The summed E-state index contributed by atoms with van der Waals surface area (Å²) >= 11 is 0. The normalized spacial score (nSPS) is 37.3. The van der Waals surface area contributed by atoms with Crippen LogP contribution in [0.15, 0.2) is 0 Å². The van der Waals surface area contributed by atoms with Crippen LogP contribution in [0.1, 0.15) is 58.8 Å². The highest BCUT2D eigenvalue weighted by molar-refractivity contribution is 4.86. The lowest BCUT2D eigenvalue weighted by Gasteiger charge is -2.36. The standard InChI is InChI=1S/C16H32N2/c1-4-17-16-7-5-6-14(16)12-18(3)15-10-8-13(2)9-11-15/h13-17H,4-12H2,1-3H3. The molecule has 2 unspecified atom stereocenters. The van der Waals surface area contributed by atoms with Crippen LogP contribution in [-0.2, 0) is 0 Å². The third-order valence-corrected chi connectivity index (χ3v) is 5.26. The van der Waals surface area contributed by atoms with Gasteiger partial charge in [-0.1, -0.05) is 20.3 Å². The minimum absolute atomic E-state index is 0.792. The Balaban J connectivity index is 1.77. The first-order valence-electron chi connectivity index (χ1n) is 8.14. The van der Waals surface area contributed by atoms with Crippen LogP contribution in [0.5, 0.6) is 0 Å². The lowest BCUT2D eigenvalue weighted by atomic mass is 9.86. The van der Waals surface area contributed by atoms with E-state index < -0.39 is 0 Å². The molecule has 0 spiro atoms. The maximum absolute atomic E-state index is 3.68. The van der Waals surface area contributed by atoms with E-state index in [2.05, 4.69) is 31.1 Å². The van der Waals surface area contributed by atoms with E-state index in [1.54, 1.807) is 0 Å². The molecule has 2 heteroatoms. The summed E-state index contributed by atoms with van der Waals surface area (Å²) in [5.74, 6) is 1.87. The highest BCUT2D eigenvalue weighted by atomic mass is 15.1. The van der Waals surface area contributed by atoms with Gasteiger partial charge >= 0.3 is 0 Å². The molecule has 0 aromatic heterocycles.